The molecule has 0 atom stereocenters. The summed E-state index contributed by atoms with van der Waals surface area (Å²) in [5.41, 5.74) is 1.21. The van der Waals surface area contributed by atoms with Crippen molar-refractivity contribution in [2.75, 3.05) is 57.9 Å². The minimum absolute atomic E-state index is 0. The number of nitrogens with one attached hydrogen (secondary N) is 2. The summed E-state index contributed by atoms with van der Waals surface area (Å²) in [5.74, 6) is 0.852. The Labute approximate surface area is 176 Å². The van der Waals surface area contributed by atoms with E-state index in [1.165, 1.54) is 11.8 Å². The van der Waals surface area contributed by atoms with Gasteiger partial charge in [0, 0.05) is 38.5 Å². The summed E-state index contributed by atoms with van der Waals surface area (Å²) in [4.78, 5) is 6.93. The summed E-state index contributed by atoms with van der Waals surface area (Å²) in [5, 5.41) is 6.73. The van der Waals surface area contributed by atoms with Crippen molar-refractivity contribution >= 4 is 39.8 Å². The van der Waals surface area contributed by atoms with Gasteiger partial charge < -0.3 is 15.4 Å². The number of likely N-dealkylation sites (tertiary alicyclic amines) is 1. The lowest BCUT2D eigenvalue weighted by molar-refractivity contribution is 0.157. The highest BCUT2D eigenvalue weighted by Crippen LogP contribution is 2.11. The number of ether oxygens (including phenoxy) is 1. The highest BCUT2D eigenvalue weighted by molar-refractivity contribution is 14.0. The van der Waals surface area contributed by atoms with E-state index in [0.717, 1.165) is 45.0 Å². The van der Waals surface area contributed by atoms with Gasteiger partial charge in [0.05, 0.1) is 25.5 Å². The Morgan fingerprint density at radius 1 is 1.31 bits per heavy atom. The minimum Gasteiger partial charge on any atom is -0.378 e. The van der Waals surface area contributed by atoms with Gasteiger partial charge in [-0.05, 0) is 26.7 Å². The smallest absolute Gasteiger partial charge is 0.191 e. The molecule has 0 saturated carbocycles. The van der Waals surface area contributed by atoms with Gasteiger partial charge in [-0.1, -0.05) is 12.2 Å². The lowest BCUT2D eigenvalue weighted by Gasteiger charge is -2.33. The lowest BCUT2D eigenvalue weighted by Crippen LogP contribution is -2.49. The average molecular weight is 502 g/mol. The van der Waals surface area contributed by atoms with Crippen molar-refractivity contribution in [3.63, 3.8) is 0 Å². The first-order chi connectivity index (χ1) is 11.8. The summed E-state index contributed by atoms with van der Waals surface area (Å²) < 4.78 is 27.4. The zero-order valence-corrected chi connectivity index (χ0v) is 19.4. The van der Waals surface area contributed by atoms with Crippen LogP contribution in [0.1, 0.15) is 26.7 Å². The van der Waals surface area contributed by atoms with E-state index in [4.69, 9.17) is 4.74 Å². The zero-order chi connectivity index (χ0) is 18.7. The standard InChI is InChI=1S/C17H34N4O3S.HI/c1-5-18-17(19-8-11-24-12-13-25(4,22)23)20-16-6-9-21(10-7-16)14-15(2)3;/h16H,2,5-14H2,1,3-4H3,(H2,18,19,20);1H. The predicted octanol–water partition coefficient (Wildman–Crippen LogP) is 1.26. The van der Waals surface area contributed by atoms with Crippen molar-refractivity contribution in [3.8, 4) is 0 Å². The molecule has 7 nitrogen and oxygen atoms in total. The van der Waals surface area contributed by atoms with E-state index in [1.807, 2.05) is 6.92 Å². The summed E-state index contributed by atoms with van der Waals surface area (Å²) in [6, 6.07) is 0.422. The van der Waals surface area contributed by atoms with Crippen molar-refractivity contribution in [1.29, 1.82) is 0 Å². The normalized spacial score (nSPS) is 16.8. The molecule has 9 heteroatoms. The molecule has 0 aromatic carbocycles. The van der Waals surface area contributed by atoms with Crippen molar-refractivity contribution in [1.82, 2.24) is 15.5 Å². The van der Waals surface area contributed by atoms with E-state index in [2.05, 4.69) is 34.0 Å². The molecule has 0 radical (unpaired) electrons. The first-order valence-electron chi connectivity index (χ1n) is 8.97. The van der Waals surface area contributed by atoms with Crippen LogP contribution < -0.4 is 10.6 Å². The van der Waals surface area contributed by atoms with Crippen LogP contribution in [0.15, 0.2) is 17.1 Å². The number of halogens is 1. The van der Waals surface area contributed by atoms with Gasteiger partial charge in [0.1, 0.15) is 9.84 Å². The van der Waals surface area contributed by atoms with Crippen LogP contribution in [0.4, 0.5) is 0 Å². The number of piperidine rings is 1. The third-order valence-corrected chi connectivity index (χ3v) is 4.78. The number of sulfone groups is 1. The summed E-state index contributed by atoms with van der Waals surface area (Å²) in [6.07, 6.45) is 3.38. The van der Waals surface area contributed by atoms with Gasteiger partial charge in [-0.15, -0.1) is 24.0 Å². The van der Waals surface area contributed by atoms with Crippen LogP contribution in [-0.4, -0.2) is 83.3 Å². The van der Waals surface area contributed by atoms with Crippen LogP contribution in [0.3, 0.4) is 0 Å². The van der Waals surface area contributed by atoms with Gasteiger partial charge in [0.15, 0.2) is 5.96 Å². The second kappa shape index (κ2) is 13.7. The second-order valence-corrected chi connectivity index (χ2v) is 8.91. The molecular formula is C17H35IN4O3S. The summed E-state index contributed by atoms with van der Waals surface area (Å²) in [7, 11) is -2.96. The molecule has 0 amide bonds. The van der Waals surface area contributed by atoms with Crippen LogP contribution in [0.2, 0.25) is 0 Å². The Hall–Kier alpha value is -0.390. The van der Waals surface area contributed by atoms with Gasteiger partial charge in [-0.25, -0.2) is 8.42 Å². The Kier molecular flexibility index (Phi) is 13.5. The third kappa shape index (κ3) is 12.9. The second-order valence-electron chi connectivity index (χ2n) is 6.65. The minimum atomic E-state index is -2.96. The van der Waals surface area contributed by atoms with E-state index in [0.29, 0.717) is 19.2 Å². The molecule has 26 heavy (non-hydrogen) atoms. The fraction of sp³-hybridized carbons (Fsp3) is 0.824. The quantitative estimate of drug-likeness (QED) is 0.154. The molecule has 0 aliphatic carbocycles. The van der Waals surface area contributed by atoms with Crippen molar-refractivity contribution in [2.24, 2.45) is 4.99 Å². The molecule has 1 fully saturated rings. The van der Waals surface area contributed by atoms with Gasteiger partial charge >= 0.3 is 0 Å². The van der Waals surface area contributed by atoms with E-state index < -0.39 is 9.84 Å². The third-order valence-electron chi connectivity index (χ3n) is 3.87. The van der Waals surface area contributed by atoms with Crippen molar-refractivity contribution < 1.29 is 13.2 Å². The maximum absolute atomic E-state index is 11.0. The molecule has 1 rings (SSSR count). The van der Waals surface area contributed by atoms with Crippen LogP contribution in [0, 0.1) is 0 Å². The topological polar surface area (TPSA) is 83.0 Å². The number of rotatable bonds is 10. The molecule has 1 saturated heterocycles. The van der Waals surface area contributed by atoms with Crippen LogP contribution >= 0.6 is 24.0 Å². The summed E-state index contributed by atoms with van der Waals surface area (Å²) >= 11 is 0. The molecule has 0 bridgehead atoms. The number of aliphatic imine (C=N–C) groups is 1. The number of hydrogen-bond donors (Lipinski definition) is 2. The Balaban J connectivity index is 0.00000625. The van der Waals surface area contributed by atoms with Gasteiger partial charge in [0.2, 0.25) is 0 Å². The molecule has 1 aliphatic heterocycles. The monoisotopic (exact) mass is 502 g/mol. The molecule has 1 aliphatic rings. The first kappa shape index (κ1) is 25.6. The van der Waals surface area contributed by atoms with Gasteiger partial charge in [-0.3, -0.25) is 9.89 Å². The van der Waals surface area contributed by atoms with Crippen molar-refractivity contribution in [2.45, 2.75) is 32.7 Å². The Morgan fingerprint density at radius 3 is 2.50 bits per heavy atom. The largest absolute Gasteiger partial charge is 0.378 e. The maximum atomic E-state index is 11.0. The number of nitrogens with zero attached hydrogens (tertiary/aromatic N) is 2. The van der Waals surface area contributed by atoms with Gasteiger partial charge in [-0.2, -0.15) is 0 Å². The van der Waals surface area contributed by atoms with E-state index >= 15 is 0 Å². The average Bonchev–Trinajstić information content (AvgIpc) is 2.51. The first-order valence-corrected chi connectivity index (χ1v) is 11.0. The van der Waals surface area contributed by atoms with Crippen LogP contribution in [0.5, 0.6) is 0 Å². The molecule has 0 spiro atoms. The van der Waals surface area contributed by atoms with E-state index in [9.17, 15) is 8.42 Å². The zero-order valence-electron chi connectivity index (χ0n) is 16.3. The SMILES string of the molecule is C=C(C)CN1CCC(NC(=NCCOCCS(C)(=O)=O)NCC)CC1.I. The Bertz CT molecular complexity index is 532. The van der Waals surface area contributed by atoms with Crippen LogP contribution in [-0.2, 0) is 14.6 Å². The lowest BCUT2D eigenvalue weighted by atomic mass is 10.0. The molecule has 0 aromatic rings. The molecule has 0 unspecified atom stereocenters. The van der Waals surface area contributed by atoms with Crippen molar-refractivity contribution in [3.05, 3.63) is 12.2 Å². The number of hydrogen-bond acceptors (Lipinski definition) is 5. The highest BCUT2D eigenvalue weighted by Gasteiger charge is 2.19. The Morgan fingerprint density at radius 2 is 1.96 bits per heavy atom. The molecule has 154 valence electrons. The molecule has 1 heterocycles. The molecule has 0 aromatic heterocycles. The van der Waals surface area contributed by atoms with E-state index in [-0.39, 0.29) is 36.3 Å². The van der Waals surface area contributed by atoms with E-state index in [1.54, 1.807) is 0 Å². The van der Waals surface area contributed by atoms with Gasteiger partial charge in [0.25, 0.3) is 0 Å². The summed E-state index contributed by atoms with van der Waals surface area (Å²) in [6.45, 7) is 13.1. The highest BCUT2D eigenvalue weighted by atomic mass is 127. The molecular weight excluding hydrogens is 467 g/mol. The number of guanidine groups is 1. The van der Waals surface area contributed by atoms with Crippen LogP contribution in [0.25, 0.3) is 0 Å². The molecule has 2 N–H and O–H groups in total. The maximum Gasteiger partial charge on any atom is 0.191 e. The predicted molar refractivity (Wildman–Crippen MR) is 119 cm³/mol. The fourth-order valence-corrected chi connectivity index (χ4v) is 3.09. The fourth-order valence-electron chi connectivity index (χ4n) is 2.66.